The Morgan fingerprint density at radius 3 is 2.40 bits per heavy atom. The minimum atomic E-state index is -0.230. The van der Waals surface area contributed by atoms with Gasteiger partial charge in [0.1, 0.15) is 0 Å². The maximum atomic E-state index is 11.9. The van der Waals surface area contributed by atoms with Crippen molar-refractivity contribution in [3.8, 4) is 0 Å². The summed E-state index contributed by atoms with van der Waals surface area (Å²) in [5.41, 5.74) is 1.81. The minimum absolute atomic E-state index is 0.0836. The van der Waals surface area contributed by atoms with Crippen LogP contribution in [-0.4, -0.2) is 12.5 Å². The van der Waals surface area contributed by atoms with E-state index >= 15 is 0 Å². The van der Waals surface area contributed by atoms with E-state index in [0.29, 0.717) is 11.6 Å². The molecule has 1 unspecified atom stereocenters. The topological polar surface area (TPSA) is 29.1 Å². The van der Waals surface area contributed by atoms with Crippen LogP contribution < -0.4 is 5.32 Å². The lowest BCUT2D eigenvalue weighted by Gasteiger charge is -2.11. The van der Waals surface area contributed by atoms with Gasteiger partial charge >= 0.3 is 0 Å². The highest BCUT2D eigenvalue weighted by atomic mass is 35.5. The maximum Gasteiger partial charge on any atom is 0.224 e. The number of rotatable bonds is 5. The number of carbonyl (C=O) groups excluding carboxylic acids is 1. The van der Waals surface area contributed by atoms with Crippen molar-refractivity contribution in [1.29, 1.82) is 0 Å². The van der Waals surface area contributed by atoms with Gasteiger partial charge in [-0.1, -0.05) is 60.1 Å². The molecule has 20 heavy (non-hydrogen) atoms. The Bertz CT molecular complexity index is 572. The monoisotopic (exact) mass is 307 g/mol. The fourth-order valence-electron chi connectivity index (χ4n) is 1.86. The Labute approximate surface area is 128 Å². The van der Waals surface area contributed by atoms with Crippen LogP contribution in [0.5, 0.6) is 0 Å². The molecule has 0 fully saturated rings. The summed E-state index contributed by atoms with van der Waals surface area (Å²) in [4.78, 5) is 11.9. The average Bonchev–Trinajstić information content (AvgIpc) is 2.48. The van der Waals surface area contributed by atoms with Crippen molar-refractivity contribution in [3.63, 3.8) is 0 Å². The van der Waals surface area contributed by atoms with Gasteiger partial charge in [0.05, 0.1) is 11.8 Å². The van der Waals surface area contributed by atoms with Crippen LogP contribution in [0.4, 0.5) is 0 Å². The Balaban J connectivity index is 1.85. The molecule has 0 saturated carbocycles. The predicted octanol–water partition coefficient (Wildman–Crippen LogP) is 3.98. The van der Waals surface area contributed by atoms with Crippen molar-refractivity contribution in [1.82, 2.24) is 5.32 Å². The zero-order valence-corrected chi connectivity index (χ0v) is 12.4. The summed E-state index contributed by atoms with van der Waals surface area (Å²) < 4.78 is 0. The summed E-state index contributed by atoms with van der Waals surface area (Å²) in [5, 5.41) is 3.20. The standard InChI is InChI=1S/C16H15Cl2NO/c17-14-9-5-4-8-13(14)10-16(20)19-11-15(18)12-6-2-1-3-7-12/h1-9,15H,10-11H2,(H,19,20). The van der Waals surface area contributed by atoms with Crippen molar-refractivity contribution < 1.29 is 4.79 Å². The van der Waals surface area contributed by atoms with E-state index < -0.39 is 0 Å². The number of amides is 1. The lowest BCUT2D eigenvalue weighted by Crippen LogP contribution is -2.28. The van der Waals surface area contributed by atoms with E-state index in [0.717, 1.165) is 11.1 Å². The normalized spacial score (nSPS) is 11.9. The second kappa shape index (κ2) is 7.32. The highest BCUT2D eigenvalue weighted by Gasteiger charge is 2.10. The number of hydrogen-bond donors (Lipinski definition) is 1. The number of alkyl halides is 1. The summed E-state index contributed by atoms with van der Waals surface area (Å²) in [6.07, 6.45) is 0.262. The van der Waals surface area contributed by atoms with Crippen LogP contribution in [0.15, 0.2) is 54.6 Å². The van der Waals surface area contributed by atoms with E-state index in [4.69, 9.17) is 23.2 Å². The Morgan fingerprint density at radius 2 is 1.70 bits per heavy atom. The van der Waals surface area contributed by atoms with Crippen molar-refractivity contribution in [3.05, 3.63) is 70.7 Å². The van der Waals surface area contributed by atoms with E-state index in [1.165, 1.54) is 0 Å². The van der Waals surface area contributed by atoms with Gasteiger partial charge in [-0.2, -0.15) is 0 Å². The number of nitrogens with one attached hydrogen (secondary N) is 1. The molecular formula is C16H15Cl2NO. The van der Waals surface area contributed by atoms with E-state index in [9.17, 15) is 4.79 Å². The van der Waals surface area contributed by atoms with E-state index in [1.54, 1.807) is 6.07 Å². The Hall–Kier alpha value is -1.51. The quantitative estimate of drug-likeness (QED) is 0.832. The van der Waals surface area contributed by atoms with Crippen molar-refractivity contribution in [2.75, 3.05) is 6.54 Å². The maximum absolute atomic E-state index is 11.9. The zero-order valence-electron chi connectivity index (χ0n) is 10.9. The molecule has 2 aromatic carbocycles. The lowest BCUT2D eigenvalue weighted by molar-refractivity contribution is -0.120. The van der Waals surface area contributed by atoms with Gasteiger partial charge in [-0.3, -0.25) is 4.79 Å². The van der Waals surface area contributed by atoms with Gasteiger partial charge in [0.15, 0.2) is 0 Å². The van der Waals surface area contributed by atoms with Gasteiger partial charge in [0.25, 0.3) is 0 Å². The van der Waals surface area contributed by atoms with Crippen molar-refractivity contribution >= 4 is 29.1 Å². The molecule has 1 atom stereocenters. The fourth-order valence-corrected chi connectivity index (χ4v) is 2.29. The van der Waals surface area contributed by atoms with Gasteiger partial charge in [-0.25, -0.2) is 0 Å². The van der Waals surface area contributed by atoms with Gasteiger partial charge in [-0.05, 0) is 17.2 Å². The molecule has 0 spiro atoms. The SMILES string of the molecule is O=C(Cc1ccccc1Cl)NCC(Cl)c1ccccc1. The summed E-state index contributed by atoms with van der Waals surface area (Å²) in [6, 6.07) is 17.0. The molecule has 0 radical (unpaired) electrons. The van der Waals surface area contributed by atoms with Gasteiger partial charge in [0.2, 0.25) is 5.91 Å². The third-order valence-corrected chi connectivity index (χ3v) is 3.72. The molecule has 0 aliphatic heterocycles. The van der Waals surface area contributed by atoms with Crippen LogP contribution in [0.1, 0.15) is 16.5 Å². The number of carbonyl (C=O) groups is 1. The van der Waals surface area contributed by atoms with E-state index in [2.05, 4.69) is 5.32 Å². The summed E-state index contributed by atoms with van der Waals surface area (Å²) in [5.74, 6) is -0.0836. The molecule has 0 aromatic heterocycles. The lowest BCUT2D eigenvalue weighted by atomic mass is 10.1. The van der Waals surface area contributed by atoms with Crippen LogP contribution in [-0.2, 0) is 11.2 Å². The van der Waals surface area contributed by atoms with Gasteiger partial charge in [0, 0.05) is 11.6 Å². The largest absolute Gasteiger partial charge is 0.354 e. The number of halogens is 2. The van der Waals surface area contributed by atoms with Crippen molar-refractivity contribution in [2.24, 2.45) is 0 Å². The molecule has 0 aliphatic rings. The highest BCUT2D eigenvalue weighted by molar-refractivity contribution is 6.31. The molecule has 1 N–H and O–H groups in total. The fraction of sp³-hybridized carbons (Fsp3) is 0.188. The van der Waals surface area contributed by atoms with E-state index in [1.807, 2.05) is 48.5 Å². The van der Waals surface area contributed by atoms with Crippen LogP contribution in [0.3, 0.4) is 0 Å². The number of hydrogen-bond acceptors (Lipinski definition) is 1. The third-order valence-electron chi connectivity index (χ3n) is 2.95. The molecular weight excluding hydrogens is 293 g/mol. The molecule has 2 nitrogen and oxygen atoms in total. The first-order valence-electron chi connectivity index (χ1n) is 6.36. The summed E-state index contributed by atoms with van der Waals surface area (Å²) in [7, 11) is 0. The van der Waals surface area contributed by atoms with E-state index in [-0.39, 0.29) is 17.7 Å². The minimum Gasteiger partial charge on any atom is -0.354 e. The summed E-state index contributed by atoms with van der Waals surface area (Å²) in [6.45, 7) is 0.398. The smallest absolute Gasteiger partial charge is 0.224 e. The number of benzene rings is 2. The van der Waals surface area contributed by atoms with Crippen molar-refractivity contribution in [2.45, 2.75) is 11.8 Å². The first kappa shape index (κ1) is 14.9. The zero-order chi connectivity index (χ0) is 14.4. The molecule has 0 heterocycles. The first-order valence-corrected chi connectivity index (χ1v) is 7.17. The predicted molar refractivity (Wildman–Crippen MR) is 83.2 cm³/mol. The van der Waals surface area contributed by atoms with Crippen LogP contribution in [0.25, 0.3) is 0 Å². The molecule has 104 valence electrons. The van der Waals surface area contributed by atoms with Crippen LogP contribution in [0.2, 0.25) is 5.02 Å². The molecule has 4 heteroatoms. The first-order chi connectivity index (χ1) is 9.66. The Morgan fingerprint density at radius 1 is 1.05 bits per heavy atom. The third kappa shape index (κ3) is 4.26. The molecule has 2 aromatic rings. The van der Waals surface area contributed by atoms with Crippen LogP contribution >= 0.6 is 23.2 Å². The second-order valence-corrected chi connectivity index (χ2v) is 5.38. The highest BCUT2D eigenvalue weighted by Crippen LogP contribution is 2.19. The Kier molecular flexibility index (Phi) is 5.45. The van der Waals surface area contributed by atoms with Gasteiger partial charge < -0.3 is 5.32 Å². The average molecular weight is 308 g/mol. The summed E-state index contributed by atoms with van der Waals surface area (Å²) >= 11 is 12.3. The molecule has 0 aliphatic carbocycles. The van der Waals surface area contributed by atoms with Gasteiger partial charge in [-0.15, -0.1) is 11.6 Å². The molecule has 2 rings (SSSR count). The molecule has 0 bridgehead atoms. The molecule has 0 saturated heterocycles. The van der Waals surface area contributed by atoms with Crippen LogP contribution in [0, 0.1) is 0 Å². The molecule has 1 amide bonds. The second-order valence-electron chi connectivity index (χ2n) is 4.45.